The molecule has 0 aromatic heterocycles. The number of rotatable bonds is 13. The molecule has 1 aliphatic rings. The molecule has 3 nitrogen and oxygen atoms in total. The summed E-state index contributed by atoms with van der Waals surface area (Å²) in [4.78, 5) is 0. The van der Waals surface area contributed by atoms with Crippen molar-refractivity contribution in [2.45, 2.75) is 89.6 Å². The third-order valence-corrected chi connectivity index (χ3v) is 4.17. The predicted molar refractivity (Wildman–Crippen MR) is 86.2 cm³/mol. The van der Waals surface area contributed by atoms with Crippen LogP contribution < -0.4 is 0 Å². The van der Waals surface area contributed by atoms with Crippen molar-refractivity contribution < 1.29 is 9.47 Å². The van der Waals surface area contributed by atoms with Crippen LogP contribution >= 0.6 is 0 Å². The largest absolute Gasteiger partial charge is 0.381 e. The molecule has 0 aliphatic carbocycles. The summed E-state index contributed by atoms with van der Waals surface area (Å²) in [7, 11) is 0. The summed E-state index contributed by atoms with van der Waals surface area (Å²) >= 11 is 0. The third kappa shape index (κ3) is 11.7. The zero-order chi connectivity index (χ0) is 15.0. The highest BCUT2D eigenvalue weighted by Crippen LogP contribution is 2.18. The van der Waals surface area contributed by atoms with Crippen molar-refractivity contribution in [3.8, 4) is 6.07 Å². The lowest BCUT2D eigenvalue weighted by atomic mass is 10.0. The molecule has 1 saturated heterocycles. The highest BCUT2D eigenvalue weighted by molar-refractivity contribution is 4.67. The monoisotopic (exact) mass is 295 g/mol. The summed E-state index contributed by atoms with van der Waals surface area (Å²) in [6.07, 6.45) is 16.1. The van der Waals surface area contributed by atoms with Crippen molar-refractivity contribution in [3.05, 3.63) is 0 Å². The molecule has 0 bridgehead atoms. The van der Waals surface area contributed by atoms with Gasteiger partial charge < -0.3 is 9.47 Å². The number of hydrogen-bond donors (Lipinski definition) is 0. The summed E-state index contributed by atoms with van der Waals surface area (Å²) in [5.74, 6) is 0. The van der Waals surface area contributed by atoms with Crippen LogP contribution in [0.25, 0.3) is 0 Å². The summed E-state index contributed by atoms with van der Waals surface area (Å²) in [6, 6.07) is 2.18. The molecule has 0 N–H and O–H groups in total. The Kier molecular flexibility index (Phi) is 12.6. The minimum Gasteiger partial charge on any atom is -0.381 e. The molecule has 0 amide bonds. The molecule has 1 atom stereocenters. The molecule has 0 saturated carbocycles. The van der Waals surface area contributed by atoms with Crippen molar-refractivity contribution in [1.29, 1.82) is 5.26 Å². The summed E-state index contributed by atoms with van der Waals surface area (Å²) in [5, 5.41) is 8.42. The van der Waals surface area contributed by atoms with Crippen LogP contribution in [0, 0.1) is 11.3 Å². The molecule has 0 aromatic rings. The molecule has 1 rings (SSSR count). The minimum absolute atomic E-state index is 0.552. The molecular formula is C18H33NO2. The number of nitriles is 1. The van der Waals surface area contributed by atoms with Crippen molar-refractivity contribution in [2.24, 2.45) is 0 Å². The van der Waals surface area contributed by atoms with Crippen LogP contribution in [0.3, 0.4) is 0 Å². The molecule has 1 aliphatic heterocycles. The van der Waals surface area contributed by atoms with Gasteiger partial charge in [0.2, 0.25) is 0 Å². The smallest absolute Gasteiger partial charge is 0.0621 e. The second kappa shape index (κ2) is 14.4. The van der Waals surface area contributed by atoms with Gasteiger partial charge in [0.1, 0.15) is 0 Å². The quantitative estimate of drug-likeness (QED) is 0.449. The van der Waals surface area contributed by atoms with Gasteiger partial charge in [0, 0.05) is 26.2 Å². The Labute approximate surface area is 131 Å². The molecule has 122 valence electrons. The van der Waals surface area contributed by atoms with Gasteiger partial charge in [-0.3, -0.25) is 0 Å². The Morgan fingerprint density at radius 2 is 1.62 bits per heavy atom. The third-order valence-electron chi connectivity index (χ3n) is 4.17. The lowest BCUT2D eigenvalue weighted by Crippen LogP contribution is -2.18. The van der Waals surface area contributed by atoms with E-state index in [-0.39, 0.29) is 0 Å². The van der Waals surface area contributed by atoms with Crippen LogP contribution in [0.1, 0.15) is 83.5 Å². The van der Waals surface area contributed by atoms with E-state index >= 15 is 0 Å². The number of nitrogens with zero attached hydrogens (tertiary/aromatic N) is 1. The van der Waals surface area contributed by atoms with Crippen LogP contribution in [0.4, 0.5) is 0 Å². The standard InChI is InChI=1S/C18H33NO2/c19-14-8-3-1-4-9-15-20-16-10-5-2-6-12-18-13-7-11-17-21-18/h18H,1-13,15-17H2. The average Bonchev–Trinajstić information content (AvgIpc) is 2.53. The summed E-state index contributed by atoms with van der Waals surface area (Å²) in [6.45, 7) is 2.79. The fourth-order valence-electron chi connectivity index (χ4n) is 2.83. The molecule has 21 heavy (non-hydrogen) atoms. The Morgan fingerprint density at radius 1 is 0.905 bits per heavy atom. The number of unbranched alkanes of at least 4 members (excludes halogenated alkanes) is 7. The lowest BCUT2D eigenvalue weighted by molar-refractivity contribution is 0.00968. The average molecular weight is 295 g/mol. The molecule has 1 unspecified atom stereocenters. The molecular weight excluding hydrogens is 262 g/mol. The Morgan fingerprint density at radius 3 is 2.29 bits per heavy atom. The van der Waals surface area contributed by atoms with Gasteiger partial charge in [-0.25, -0.2) is 0 Å². The lowest BCUT2D eigenvalue weighted by Gasteiger charge is -2.22. The zero-order valence-electron chi connectivity index (χ0n) is 13.7. The fraction of sp³-hybridized carbons (Fsp3) is 0.944. The predicted octanol–water partition coefficient (Wildman–Crippen LogP) is 5.00. The van der Waals surface area contributed by atoms with Gasteiger partial charge in [-0.2, -0.15) is 5.26 Å². The van der Waals surface area contributed by atoms with Gasteiger partial charge in [-0.1, -0.05) is 32.1 Å². The minimum atomic E-state index is 0.552. The molecule has 1 heterocycles. The van der Waals surface area contributed by atoms with E-state index in [0.29, 0.717) is 12.5 Å². The SMILES string of the molecule is N#CCCCCCCOCCCCCCC1CCCCO1. The van der Waals surface area contributed by atoms with Crippen molar-refractivity contribution in [1.82, 2.24) is 0 Å². The van der Waals surface area contributed by atoms with Crippen LogP contribution in [-0.2, 0) is 9.47 Å². The first-order valence-corrected chi connectivity index (χ1v) is 9.00. The first-order chi connectivity index (χ1) is 10.4. The van der Waals surface area contributed by atoms with Gasteiger partial charge in [0.15, 0.2) is 0 Å². The zero-order valence-corrected chi connectivity index (χ0v) is 13.7. The van der Waals surface area contributed by atoms with Gasteiger partial charge in [-0.15, -0.1) is 0 Å². The van der Waals surface area contributed by atoms with Crippen LogP contribution in [-0.4, -0.2) is 25.9 Å². The molecule has 0 radical (unpaired) electrons. The molecule has 1 fully saturated rings. The number of hydrogen-bond acceptors (Lipinski definition) is 3. The van der Waals surface area contributed by atoms with Crippen molar-refractivity contribution in [3.63, 3.8) is 0 Å². The molecule has 3 heteroatoms. The van der Waals surface area contributed by atoms with Gasteiger partial charge in [0.25, 0.3) is 0 Å². The van der Waals surface area contributed by atoms with E-state index in [1.165, 1.54) is 64.2 Å². The van der Waals surface area contributed by atoms with E-state index in [0.717, 1.165) is 32.7 Å². The maximum Gasteiger partial charge on any atom is 0.0621 e. The van der Waals surface area contributed by atoms with E-state index in [1.54, 1.807) is 0 Å². The Balaban J connectivity index is 1.70. The second-order valence-corrected chi connectivity index (χ2v) is 6.13. The highest BCUT2D eigenvalue weighted by Gasteiger charge is 2.12. The van der Waals surface area contributed by atoms with Crippen molar-refractivity contribution >= 4 is 0 Å². The molecule has 0 spiro atoms. The second-order valence-electron chi connectivity index (χ2n) is 6.13. The maximum atomic E-state index is 8.42. The molecule has 0 aromatic carbocycles. The number of ether oxygens (including phenoxy) is 2. The van der Waals surface area contributed by atoms with Crippen LogP contribution in [0.15, 0.2) is 0 Å². The van der Waals surface area contributed by atoms with E-state index in [1.807, 2.05) is 0 Å². The van der Waals surface area contributed by atoms with Crippen LogP contribution in [0.5, 0.6) is 0 Å². The van der Waals surface area contributed by atoms with Crippen molar-refractivity contribution in [2.75, 3.05) is 19.8 Å². The first kappa shape index (κ1) is 18.5. The summed E-state index contributed by atoms with van der Waals surface area (Å²) in [5.41, 5.74) is 0. The van der Waals surface area contributed by atoms with E-state index in [2.05, 4.69) is 6.07 Å². The normalized spacial score (nSPS) is 18.5. The van der Waals surface area contributed by atoms with Gasteiger partial charge in [0.05, 0.1) is 12.2 Å². The first-order valence-electron chi connectivity index (χ1n) is 9.00. The fourth-order valence-corrected chi connectivity index (χ4v) is 2.83. The Bertz CT molecular complexity index is 256. The van der Waals surface area contributed by atoms with Crippen LogP contribution in [0.2, 0.25) is 0 Å². The summed E-state index contributed by atoms with van der Waals surface area (Å²) < 4.78 is 11.4. The van der Waals surface area contributed by atoms with E-state index in [9.17, 15) is 0 Å². The van der Waals surface area contributed by atoms with Gasteiger partial charge >= 0.3 is 0 Å². The topological polar surface area (TPSA) is 42.2 Å². The van der Waals surface area contributed by atoms with Gasteiger partial charge in [-0.05, 0) is 44.9 Å². The van der Waals surface area contributed by atoms with E-state index in [4.69, 9.17) is 14.7 Å². The van der Waals surface area contributed by atoms with E-state index < -0.39 is 0 Å². The highest BCUT2D eigenvalue weighted by atomic mass is 16.5. The Hall–Kier alpha value is -0.590. The maximum absolute atomic E-state index is 8.42.